The minimum atomic E-state index is -0.508. The maximum Gasteiger partial charge on any atom is 0.290 e. The highest BCUT2D eigenvalue weighted by Crippen LogP contribution is 2.28. The van der Waals surface area contributed by atoms with E-state index < -0.39 is 6.04 Å². The molecule has 2 heterocycles. The average Bonchev–Trinajstić information content (AvgIpc) is 3.42. The lowest BCUT2D eigenvalue weighted by Gasteiger charge is -2.31. The van der Waals surface area contributed by atoms with Crippen LogP contribution in [0.3, 0.4) is 0 Å². The zero-order chi connectivity index (χ0) is 24.8. The van der Waals surface area contributed by atoms with Crippen LogP contribution >= 0.6 is 0 Å². The highest BCUT2D eigenvalue weighted by molar-refractivity contribution is 5.91. The highest BCUT2D eigenvalue weighted by Gasteiger charge is 2.30. The largest absolute Gasteiger partial charge is 0.494 e. The summed E-state index contributed by atoms with van der Waals surface area (Å²) < 4.78 is 17.8. The number of hydrogen-bond acceptors (Lipinski definition) is 6. The van der Waals surface area contributed by atoms with E-state index in [1.54, 1.807) is 34.8 Å². The van der Waals surface area contributed by atoms with Gasteiger partial charge in [0, 0.05) is 13.7 Å². The third kappa shape index (κ3) is 4.97. The van der Waals surface area contributed by atoms with Gasteiger partial charge in [-0.25, -0.2) is 4.98 Å². The number of hydrogen-bond donors (Lipinski definition) is 0. The molecule has 0 aliphatic heterocycles. The first-order chi connectivity index (χ1) is 17.1. The number of para-hydroxylation sites is 1. The molecule has 0 aliphatic rings. The number of fused-ring (bicyclic) bond motifs is 1. The van der Waals surface area contributed by atoms with Gasteiger partial charge in [-0.15, -0.1) is 0 Å². The van der Waals surface area contributed by atoms with Crippen molar-refractivity contribution in [1.82, 2.24) is 14.5 Å². The molecule has 0 saturated carbocycles. The van der Waals surface area contributed by atoms with Gasteiger partial charge < -0.3 is 18.8 Å². The number of rotatable bonds is 10. The molecule has 0 fully saturated rings. The van der Waals surface area contributed by atoms with E-state index in [0.29, 0.717) is 54.3 Å². The van der Waals surface area contributed by atoms with Gasteiger partial charge in [0.25, 0.3) is 11.5 Å². The molecular formula is C27H29N3O5. The molecule has 4 rings (SSSR count). The van der Waals surface area contributed by atoms with E-state index in [-0.39, 0.29) is 17.2 Å². The molecule has 2 aromatic carbocycles. The molecule has 2 aromatic heterocycles. The predicted molar refractivity (Wildman–Crippen MR) is 133 cm³/mol. The van der Waals surface area contributed by atoms with Crippen molar-refractivity contribution in [2.75, 3.05) is 26.9 Å². The number of methoxy groups -OCH3 is 1. The second-order valence-corrected chi connectivity index (χ2v) is 7.95. The van der Waals surface area contributed by atoms with Crippen molar-refractivity contribution in [3.63, 3.8) is 0 Å². The molecule has 1 atom stereocenters. The number of aromatic nitrogens is 2. The van der Waals surface area contributed by atoms with Crippen molar-refractivity contribution in [3.8, 4) is 11.4 Å². The number of nitrogens with zero attached hydrogens (tertiary/aromatic N) is 3. The molecular weight excluding hydrogens is 446 g/mol. The summed E-state index contributed by atoms with van der Waals surface area (Å²) in [6.45, 7) is 5.05. The first-order valence-electron chi connectivity index (χ1n) is 11.7. The fraction of sp³-hybridized carbons (Fsp3) is 0.296. The number of carbonyl (C=O) groups is 1. The number of carbonyl (C=O) groups excluding carboxylic acids is 1. The van der Waals surface area contributed by atoms with E-state index >= 15 is 0 Å². The molecule has 1 amide bonds. The molecule has 8 nitrogen and oxygen atoms in total. The van der Waals surface area contributed by atoms with Crippen molar-refractivity contribution in [2.24, 2.45) is 0 Å². The maximum atomic E-state index is 13.8. The van der Waals surface area contributed by atoms with E-state index in [2.05, 4.69) is 0 Å². The van der Waals surface area contributed by atoms with Crippen molar-refractivity contribution in [2.45, 2.75) is 26.3 Å². The third-order valence-corrected chi connectivity index (χ3v) is 5.80. The fourth-order valence-electron chi connectivity index (χ4n) is 4.15. The molecule has 0 radical (unpaired) electrons. The topological polar surface area (TPSA) is 86.8 Å². The second-order valence-electron chi connectivity index (χ2n) is 7.95. The second kappa shape index (κ2) is 11.0. The molecule has 1 unspecified atom stereocenters. The Morgan fingerprint density at radius 2 is 1.86 bits per heavy atom. The summed E-state index contributed by atoms with van der Waals surface area (Å²) in [6, 6.07) is 17.3. The highest BCUT2D eigenvalue weighted by atomic mass is 16.5. The van der Waals surface area contributed by atoms with Crippen LogP contribution in [0.5, 0.6) is 5.75 Å². The maximum absolute atomic E-state index is 13.8. The van der Waals surface area contributed by atoms with Gasteiger partial charge >= 0.3 is 0 Å². The van der Waals surface area contributed by atoms with Crippen LogP contribution in [0.15, 0.2) is 76.1 Å². The number of amides is 1. The minimum Gasteiger partial charge on any atom is -0.494 e. The van der Waals surface area contributed by atoms with Crippen LogP contribution in [0, 0.1) is 0 Å². The van der Waals surface area contributed by atoms with Crippen molar-refractivity contribution in [1.29, 1.82) is 0 Å². The minimum absolute atomic E-state index is 0.203. The summed E-state index contributed by atoms with van der Waals surface area (Å²) in [7, 11) is 1.58. The van der Waals surface area contributed by atoms with Gasteiger partial charge in [-0.3, -0.25) is 14.2 Å². The molecule has 182 valence electrons. The van der Waals surface area contributed by atoms with Gasteiger partial charge in [-0.05, 0) is 61.9 Å². The summed E-state index contributed by atoms with van der Waals surface area (Å²) >= 11 is 0. The number of ether oxygens (including phenoxy) is 2. The molecule has 35 heavy (non-hydrogen) atoms. The van der Waals surface area contributed by atoms with Crippen LogP contribution in [0.2, 0.25) is 0 Å². The van der Waals surface area contributed by atoms with Crippen LogP contribution in [-0.2, 0) is 4.74 Å². The van der Waals surface area contributed by atoms with Crippen LogP contribution in [-0.4, -0.2) is 47.2 Å². The van der Waals surface area contributed by atoms with Gasteiger partial charge in [0.05, 0.1) is 42.1 Å². The Morgan fingerprint density at radius 3 is 2.51 bits per heavy atom. The molecule has 4 aromatic rings. The molecule has 0 saturated heterocycles. The van der Waals surface area contributed by atoms with Crippen LogP contribution in [0.1, 0.15) is 42.7 Å². The summed E-state index contributed by atoms with van der Waals surface area (Å²) in [4.78, 5) is 33.8. The van der Waals surface area contributed by atoms with Crippen molar-refractivity contribution >= 4 is 16.8 Å². The van der Waals surface area contributed by atoms with E-state index in [1.807, 2.05) is 56.3 Å². The first kappa shape index (κ1) is 24.2. The van der Waals surface area contributed by atoms with Crippen LogP contribution in [0.4, 0.5) is 0 Å². The third-order valence-electron chi connectivity index (χ3n) is 5.80. The Balaban J connectivity index is 1.91. The molecule has 8 heteroatoms. The van der Waals surface area contributed by atoms with Gasteiger partial charge in [0.2, 0.25) is 0 Å². The van der Waals surface area contributed by atoms with E-state index in [0.717, 1.165) is 0 Å². The van der Waals surface area contributed by atoms with E-state index in [9.17, 15) is 9.59 Å². The van der Waals surface area contributed by atoms with Crippen LogP contribution < -0.4 is 10.3 Å². The lowest BCUT2D eigenvalue weighted by Crippen LogP contribution is -2.40. The van der Waals surface area contributed by atoms with Crippen molar-refractivity contribution < 1.29 is 18.7 Å². The lowest BCUT2D eigenvalue weighted by molar-refractivity contribution is 0.0548. The Bertz CT molecular complexity index is 1330. The van der Waals surface area contributed by atoms with Crippen molar-refractivity contribution in [3.05, 3.63) is 88.9 Å². The summed E-state index contributed by atoms with van der Waals surface area (Å²) in [5, 5.41) is 0.501. The van der Waals surface area contributed by atoms with Gasteiger partial charge in [-0.1, -0.05) is 19.1 Å². The average molecular weight is 476 g/mol. The number of furan rings is 1. The number of benzene rings is 2. The lowest BCUT2D eigenvalue weighted by atomic mass is 10.1. The van der Waals surface area contributed by atoms with Gasteiger partial charge in [-0.2, -0.15) is 0 Å². The van der Waals surface area contributed by atoms with E-state index in [1.165, 1.54) is 6.26 Å². The monoisotopic (exact) mass is 475 g/mol. The Hall–Kier alpha value is -3.91. The zero-order valence-corrected chi connectivity index (χ0v) is 20.1. The Labute approximate surface area is 203 Å². The summed E-state index contributed by atoms with van der Waals surface area (Å²) in [5.74, 6) is 1.10. The van der Waals surface area contributed by atoms with Crippen LogP contribution in [0.25, 0.3) is 16.6 Å². The molecule has 0 aliphatic carbocycles. The molecule has 0 N–H and O–H groups in total. The van der Waals surface area contributed by atoms with E-state index in [4.69, 9.17) is 18.9 Å². The summed E-state index contributed by atoms with van der Waals surface area (Å²) in [6.07, 6.45) is 1.99. The predicted octanol–water partition coefficient (Wildman–Crippen LogP) is 4.62. The smallest absolute Gasteiger partial charge is 0.290 e. The zero-order valence-electron chi connectivity index (χ0n) is 20.1. The van der Waals surface area contributed by atoms with Gasteiger partial charge in [0.1, 0.15) is 11.6 Å². The molecule has 0 bridgehead atoms. The Morgan fingerprint density at radius 1 is 1.09 bits per heavy atom. The van der Waals surface area contributed by atoms with Gasteiger partial charge in [0.15, 0.2) is 5.76 Å². The first-order valence-corrected chi connectivity index (χ1v) is 11.7. The quantitative estimate of drug-likeness (QED) is 0.333. The standard InChI is InChI=1S/C27H29N3O5/c1-4-23(29(16-18-33-3)27(32)24-11-8-17-35-24)25-28-22-10-7-6-9-21(22)26(31)30(25)19-12-14-20(15-13-19)34-5-2/h6-15,17,23H,4-5,16,18H2,1-3H3. The normalized spacial score (nSPS) is 12.0. The SMILES string of the molecule is CCOc1ccc(-n2c(C(CC)N(CCOC)C(=O)c3ccco3)nc3ccccc3c2=O)cc1. The fourth-order valence-corrected chi connectivity index (χ4v) is 4.15. The molecule has 0 spiro atoms. The Kier molecular flexibility index (Phi) is 7.62. The summed E-state index contributed by atoms with van der Waals surface area (Å²) in [5.41, 5.74) is 1.01.